The Kier molecular flexibility index (Phi) is 7.08. The predicted octanol–water partition coefficient (Wildman–Crippen LogP) is 0.643. The average molecular weight is 391 g/mol. The van der Waals surface area contributed by atoms with Gasteiger partial charge in [0.15, 0.2) is 6.54 Å². The number of ether oxygens (including phenoxy) is 1. The second-order valence-electron chi connectivity index (χ2n) is 7.18. The molecule has 3 rings (SSSR count). The van der Waals surface area contributed by atoms with Crippen LogP contribution in [0.4, 0.5) is 14.5 Å². The van der Waals surface area contributed by atoms with Crippen molar-refractivity contribution in [2.75, 3.05) is 38.2 Å². The van der Waals surface area contributed by atoms with Crippen LogP contribution >= 0.6 is 0 Å². The standard InChI is InChI=1S/C21H25F2N3O2/c1-15(19-7-4-17(22)12-20(19)23)24-13-21(27)25-18-5-2-16(3-6-18)14-26-8-10-28-11-9-26/h2-7,12,15,24H,8-11,13-14H2,1H3,(H,25,27)/p+2/t15-/m0/s1. The summed E-state index contributed by atoms with van der Waals surface area (Å²) in [5.74, 6) is -1.37. The summed E-state index contributed by atoms with van der Waals surface area (Å²) in [6, 6.07) is 11.1. The van der Waals surface area contributed by atoms with Crippen LogP contribution in [0.2, 0.25) is 0 Å². The third-order valence-electron chi connectivity index (χ3n) is 5.00. The van der Waals surface area contributed by atoms with Crippen LogP contribution in [0.1, 0.15) is 24.1 Å². The van der Waals surface area contributed by atoms with Crippen molar-refractivity contribution < 1.29 is 28.5 Å². The lowest BCUT2D eigenvalue weighted by Crippen LogP contribution is -3.12. The van der Waals surface area contributed by atoms with Gasteiger partial charge in [-0.3, -0.25) is 4.79 Å². The van der Waals surface area contributed by atoms with Gasteiger partial charge in [0, 0.05) is 22.9 Å². The van der Waals surface area contributed by atoms with Crippen molar-refractivity contribution in [3.63, 3.8) is 0 Å². The van der Waals surface area contributed by atoms with Gasteiger partial charge in [0.25, 0.3) is 5.91 Å². The van der Waals surface area contributed by atoms with Crippen molar-refractivity contribution >= 4 is 11.6 Å². The number of rotatable bonds is 7. The number of morpholine rings is 1. The first-order valence-electron chi connectivity index (χ1n) is 9.59. The number of benzene rings is 2. The van der Waals surface area contributed by atoms with Crippen LogP contribution < -0.4 is 15.5 Å². The molecule has 2 aromatic carbocycles. The van der Waals surface area contributed by atoms with Crippen molar-refractivity contribution in [2.45, 2.75) is 19.5 Å². The van der Waals surface area contributed by atoms with E-state index in [1.165, 1.54) is 22.6 Å². The Morgan fingerprint density at radius 2 is 1.89 bits per heavy atom. The highest BCUT2D eigenvalue weighted by atomic mass is 19.1. The van der Waals surface area contributed by atoms with Gasteiger partial charge in [0.2, 0.25) is 0 Å². The Labute approximate surface area is 163 Å². The van der Waals surface area contributed by atoms with E-state index in [1.807, 2.05) is 24.3 Å². The first kappa shape index (κ1) is 20.4. The maximum absolute atomic E-state index is 13.8. The van der Waals surface area contributed by atoms with Crippen molar-refractivity contribution in [1.82, 2.24) is 0 Å². The quantitative estimate of drug-likeness (QED) is 0.649. The molecule has 1 fully saturated rings. The molecule has 28 heavy (non-hydrogen) atoms. The smallest absolute Gasteiger partial charge is 0.279 e. The SMILES string of the molecule is C[C@H]([NH2+]CC(=O)Nc1ccc(C[NH+]2CCOCC2)cc1)c1ccc(F)cc1F. The minimum Gasteiger partial charge on any atom is -0.370 e. The molecule has 5 nitrogen and oxygen atoms in total. The molecule has 1 aliphatic rings. The van der Waals surface area contributed by atoms with Crippen LogP contribution in [-0.4, -0.2) is 38.8 Å². The lowest BCUT2D eigenvalue weighted by atomic mass is 10.1. The highest BCUT2D eigenvalue weighted by Gasteiger charge is 2.17. The molecule has 0 bridgehead atoms. The van der Waals surface area contributed by atoms with Gasteiger partial charge in [-0.05, 0) is 31.2 Å². The number of amides is 1. The van der Waals surface area contributed by atoms with E-state index in [0.717, 1.165) is 44.6 Å². The van der Waals surface area contributed by atoms with Crippen molar-refractivity contribution in [2.24, 2.45) is 0 Å². The number of quaternary nitrogens is 2. The normalized spacial score (nSPS) is 16.0. The Morgan fingerprint density at radius 1 is 1.18 bits per heavy atom. The minimum atomic E-state index is -0.607. The largest absolute Gasteiger partial charge is 0.370 e. The van der Waals surface area contributed by atoms with Crippen LogP contribution in [0.5, 0.6) is 0 Å². The fourth-order valence-electron chi connectivity index (χ4n) is 3.33. The molecule has 2 aromatic rings. The van der Waals surface area contributed by atoms with Crippen LogP contribution in [0.15, 0.2) is 42.5 Å². The summed E-state index contributed by atoms with van der Waals surface area (Å²) in [7, 11) is 0. The topological polar surface area (TPSA) is 59.4 Å². The zero-order valence-electron chi connectivity index (χ0n) is 16.0. The summed E-state index contributed by atoms with van der Waals surface area (Å²) < 4.78 is 32.2. The van der Waals surface area contributed by atoms with E-state index in [1.54, 1.807) is 12.2 Å². The first-order chi connectivity index (χ1) is 13.5. The van der Waals surface area contributed by atoms with E-state index in [0.29, 0.717) is 5.56 Å². The van der Waals surface area contributed by atoms with E-state index in [4.69, 9.17) is 4.74 Å². The molecule has 1 amide bonds. The lowest BCUT2D eigenvalue weighted by Gasteiger charge is -2.23. The van der Waals surface area contributed by atoms with Gasteiger partial charge < -0.3 is 20.3 Å². The van der Waals surface area contributed by atoms with Gasteiger partial charge in [-0.2, -0.15) is 0 Å². The zero-order chi connectivity index (χ0) is 19.9. The maximum atomic E-state index is 13.8. The lowest BCUT2D eigenvalue weighted by molar-refractivity contribution is -0.921. The molecule has 4 N–H and O–H groups in total. The molecular formula is C21H27F2N3O2+2. The molecule has 0 radical (unpaired) electrons. The van der Waals surface area contributed by atoms with Crippen LogP contribution in [0.25, 0.3) is 0 Å². The molecule has 0 saturated carbocycles. The Bertz CT molecular complexity index is 793. The zero-order valence-corrected chi connectivity index (χ0v) is 16.0. The summed E-state index contributed by atoms with van der Waals surface area (Å²) in [5, 5.41) is 4.58. The fourth-order valence-corrected chi connectivity index (χ4v) is 3.33. The average Bonchev–Trinajstić information content (AvgIpc) is 2.68. The number of halogens is 2. The molecule has 0 unspecified atom stereocenters. The minimum absolute atomic E-state index is 0.150. The van der Waals surface area contributed by atoms with Crippen LogP contribution in [-0.2, 0) is 16.1 Å². The molecule has 0 aromatic heterocycles. The Balaban J connectivity index is 1.46. The molecule has 0 aliphatic carbocycles. The van der Waals surface area contributed by atoms with Crippen molar-refractivity contribution in [1.29, 1.82) is 0 Å². The summed E-state index contributed by atoms with van der Waals surface area (Å²) >= 11 is 0. The number of nitrogens with two attached hydrogens (primary N) is 1. The molecule has 0 spiro atoms. The number of anilines is 1. The third-order valence-corrected chi connectivity index (χ3v) is 5.00. The van der Waals surface area contributed by atoms with Crippen molar-refractivity contribution in [3.05, 3.63) is 65.2 Å². The molecule has 1 heterocycles. The fraction of sp³-hybridized carbons (Fsp3) is 0.381. The molecule has 1 aliphatic heterocycles. The summed E-state index contributed by atoms with van der Waals surface area (Å²) in [4.78, 5) is 13.7. The monoisotopic (exact) mass is 391 g/mol. The third kappa shape index (κ3) is 5.82. The van der Waals surface area contributed by atoms with Gasteiger partial charge in [-0.15, -0.1) is 0 Å². The molecule has 1 saturated heterocycles. The second-order valence-corrected chi connectivity index (χ2v) is 7.18. The highest BCUT2D eigenvalue weighted by Crippen LogP contribution is 2.14. The van der Waals surface area contributed by atoms with Crippen LogP contribution in [0, 0.1) is 11.6 Å². The second kappa shape index (κ2) is 9.73. The van der Waals surface area contributed by atoms with Gasteiger partial charge in [-0.1, -0.05) is 12.1 Å². The number of nitrogens with one attached hydrogen (secondary N) is 2. The number of hydrogen-bond acceptors (Lipinski definition) is 2. The molecule has 150 valence electrons. The van der Waals surface area contributed by atoms with Gasteiger partial charge in [0.05, 0.1) is 13.2 Å². The van der Waals surface area contributed by atoms with Crippen LogP contribution in [0.3, 0.4) is 0 Å². The molecule has 1 atom stereocenters. The highest BCUT2D eigenvalue weighted by molar-refractivity contribution is 5.91. The molecular weight excluding hydrogens is 364 g/mol. The van der Waals surface area contributed by atoms with E-state index in [9.17, 15) is 13.6 Å². The van der Waals surface area contributed by atoms with Gasteiger partial charge >= 0.3 is 0 Å². The summed E-state index contributed by atoms with van der Waals surface area (Å²) in [6.45, 7) is 6.53. The first-order valence-corrected chi connectivity index (χ1v) is 9.59. The number of hydrogen-bond donors (Lipinski definition) is 3. The van der Waals surface area contributed by atoms with Gasteiger partial charge in [0.1, 0.15) is 37.3 Å². The van der Waals surface area contributed by atoms with E-state index in [-0.39, 0.29) is 18.5 Å². The van der Waals surface area contributed by atoms with Crippen molar-refractivity contribution in [3.8, 4) is 0 Å². The van der Waals surface area contributed by atoms with E-state index < -0.39 is 11.6 Å². The van der Waals surface area contributed by atoms with E-state index in [2.05, 4.69) is 5.32 Å². The maximum Gasteiger partial charge on any atom is 0.279 e. The Morgan fingerprint density at radius 3 is 2.57 bits per heavy atom. The van der Waals surface area contributed by atoms with E-state index >= 15 is 0 Å². The summed E-state index contributed by atoms with van der Waals surface area (Å²) in [5.41, 5.74) is 2.34. The summed E-state index contributed by atoms with van der Waals surface area (Å²) in [6.07, 6.45) is 0. The number of carbonyl (C=O) groups excluding carboxylic acids is 1. The predicted molar refractivity (Wildman–Crippen MR) is 102 cm³/mol. The van der Waals surface area contributed by atoms with Gasteiger partial charge in [-0.25, -0.2) is 8.78 Å². The molecule has 7 heteroatoms. The number of carbonyl (C=O) groups is 1. The Hall–Kier alpha value is -2.35.